The zero-order valence-corrected chi connectivity index (χ0v) is 16.7. The Balaban J connectivity index is 1.70. The average Bonchev–Trinajstić information content (AvgIpc) is 3.02. The molecule has 1 unspecified atom stereocenters. The van der Waals surface area contributed by atoms with Crippen molar-refractivity contribution in [1.29, 1.82) is 0 Å². The highest BCUT2D eigenvalue weighted by atomic mass is 35.5. The standard InChI is InChI=1S/C20H22ClN3OS/c1-4-24-18-11-6-5-10-17(18)22-20(24)26-13-19(25)23(3)14(2)15-8-7-9-16(21)12-15/h5-12,14H,4,13H2,1-3H3. The number of thioether (sulfide) groups is 1. The zero-order valence-electron chi connectivity index (χ0n) is 15.1. The molecule has 1 amide bonds. The highest BCUT2D eigenvalue weighted by molar-refractivity contribution is 7.99. The molecule has 2 aromatic carbocycles. The molecule has 1 atom stereocenters. The van der Waals surface area contributed by atoms with E-state index in [4.69, 9.17) is 11.6 Å². The molecule has 136 valence electrons. The van der Waals surface area contributed by atoms with E-state index in [-0.39, 0.29) is 11.9 Å². The molecule has 0 N–H and O–H groups in total. The number of aryl methyl sites for hydroxylation is 1. The number of nitrogens with zero attached hydrogens (tertiary/aromatic N) is 3. The highest BCUT2D eigenvalue weighted by Crippen LogP contribution is 2.26. The van der Waals surface area contributed by atoms with Crippen molar-refractivity contribution in [2.24, 2.45) is 0 Å². The lowest BCUT2D eigenvalue weighted by Crippen LogP contribution is -2.31. The summed E-state index contributed by atoms with van der Waals surface area (Å²) in [7, 11) is 1.83. The Morgan fingerprint density at radius 3 is 2.77 bits per heavy atom. The van der Waals surface area contributed by atoms with Crippen LogP contribution in [0, 0.1) is 0 Å². The summed E-state index contributed by atoms with van der Waals surface area (Å²) in [5.74, 6) is 0.419. The number of fused-ring (bicyclic) bond motifs is 1. The summed E-state index contributed by atoms with van der Waals surface area (Å²) in [4.78, 5) is 19.1. The van der Waals surface area contributed by atoms with Crippen LogP contribution in [0.1, 0.15) is 25.5 Å². The summed E-state index contributed by atoms with van der Waals surface area (Å²) in [5.41, 5.74) is 3.09. The quantitative estimate of drug-likeness (QED) is 0.557. The molecule has 6 heteroatoms. The number of carbonyl (C=O) groups excluding carboxylic acids is 1. The molecule has 0 saturated heterocycles. The second-order valence-electron chi connectivity index (χ2n) is 6.15. The van der Waals surface area contributed by atoms with Crippen LogP contribution in [0.15, 0.2) is 53.7 Å². The van der Waals surface area contributed by atoms with Crippen molar-refractivity contribution >= 4 is 40.3 Å². The van der Waals surface area contributed by atoms with Gasteiger partial charge in [-0.3, -0.25) is 4.79 Å². The van der Waals surface area contributed by atoms with Crippen molar-refractivity contribution in [3.63, 3.8) is 0 Å². The van der Waals surface area contributed by atoms with Crippen LogP contribution < -0.4 is 0 Å². The summed E-state index contributed by atoms with van der Waals surface area (Å²) in [5, 5.41) is 1.56. The van der Waals surface area contributed by atoms with Crippen LogP contribution >= 0.6 is 23.4 Å². The van der Waals surface area contributed by atoms with Crippen LogP contribution in [0.3, 0.4) is 0 Å². The SMILES string of the molecule is CCn1c(SCC(=O)N(C)C(C)c2cccc(Cl)c2)nc2ccccc21. The maximum Gasteiger partial charge on any atom is 0.233 e. The molecule has 1 heterocycles. The van der Waals surface area contributed by atoms with Crippen molar-refractivity contribution in [3.8, 4) is 0 Å². The summed E-state index contributed by atoms with van der Waals surface area (Å²) in [6.45, 7) is 4.93. The van der Waals surface area contributed by atoms with Crippen molar-refractivity contribution in [1.82, 2.24) is 14.5 Å². The van der Waals surface area contributed by atoms with E-state index in [0.29, 0.717) is 10.8 Å². The van der Waals surface area contributed by atoms with E-state index in [1.165, 1.54) is 11.8 Å². The molecule has 0 fully saturated rings. The smallest absolute Gasteiger partial charge is 0.233 e. The molecule has 0 aliphatic carbocycles. The summed E-state index contributed by atoms with van der Waals surface area (Å²) >= 11 is 7.55. The van der Waals surface area contributed by atoms with Crippen molar-refractivity contribution in [2.45, 2.75) is 31.6 Å². The summed E-state index contributed by atoms with van der Waals surface area (Å²) < 4.78 is 2.15. The second-order valence-corrected chi connectivity index (χ2v) is 7.53. The molecule has 0 saturated carbocycles. The minimum atomic E-state index is -0.0354. The predicted octanol–water partition coefficient (Wildman–Crippen LogP) is 5.02. The first-order chi connectivity index (χ1) is 12.5. The fraction of sp³-hybridized carbons (Fsp3) is 0.300. The number of benzene rings is 2. The van der Waals surface area contributed by atoms with Crippen LogP contribution in [0.4, 0.5) is 0 Å². The third kappa shape index (κ3) is 3.89. The van der Waals surface area contributed by atoms with Crippen molar-refractivity contribution < 1.29 is 4.79 Å². The number of imidazole rings is 1. The Morgan fingerprint density at radius 2 is 2.04 bits per heavy atom. The van der Waals surface area contributed by atoms with E-state index < -0.39 is 0 Å². The van der Waals surface area contributed by atoms with Gasteiger partial charge in [0.05, 0.1) is 22.8 Å². The van der Waals surface area contributed by atoms with Gasteiger partial charge in [0.15, 0.2) is 5.16 Å². The van der Waals surface area contributed by atoms with Gasteiger partial charge in [-0.1, -0.05) is 47.6 Å². The second kappa shape index (κ2) is 8.14. The lowest BCUT2D eigenvalue weighted by Gasteiger charge is -2.25. The third-order valence-corrected chi connectivity index (χ3v) is 5.76. The van der Waals surface area contributed by atoms with Crippen LogP contribution in [-0.2, 0) is 11.3 Å². The van der Waals surface area contributed by atoms with Gasteiger partial charge >= 0.3 is 0 Å². The lowest BCUT2D eigenvalue weighted by molar-refractivity contribution is -0.128. The first-order valence-electron chi connectivity index (χ1n) is 8.60. The molecule has 0 spiro atoms. The predicted molar refractivity (Wildman–Crippen MR) is 109 cm³/mol. The molecular formula is C20H22ClN3OS. The normalized spacial score (nSPS) is 12.3. The molecular weight excluding hydrogens is 366 g/mol. The van der Waals surface area contributed by atoms with Gasteiger partial charge in [0.1, 0.15) is 0 Å². The average molecular weight is 388 g/mol. The number of aromatic nitrogens is 2. The zero-order chi connectivity index (χ0) is 18.7. The fourth-order valence-corrected chi connectivity index (χ4v) is 4.10. The van der Waals surface area contributed by atoms with Crippen LogP contribution in [0.2, 0.25) is 5.02 Å². The van der Waals surface area contributed by atoms with Gasteiger partial charge in [0.2, 0.25) is 5.91 Å². The first kappa shape index (κ1) is 18.8. The summed E-state index contributed by atoms with van der Waals surface area (Å²) in [6, 6.07) is 15.7. The molecule has 26 heavy (non-hydrogen) atoms. The molecule has 3 aromatic rings. The summed E-state index contributed by atoms with van der Waals surface area (Å²) in [6.07, 6.45) is 0. The Morgan fingerprint density at radius 1 is 1.27 bits per heavy atom. The minimum absolute atomic E-state index is 0.0354. The molecule has 1 aromatic heterocycles. The van der Waals surface area contributed by atoms with E-state index in [0.717, 1.165) is 28.3 Å². The number of para-hydroxylation sites is 2. The van der Waals surface area contributed by atoms with Crippen molar-refractivity contribution in [2.75, 3.05) is 12.8 Å². The lowest BCUT2D eigenvalue weighted by atomic mass is 10.1. The first-order valence-corrected chi connectivity index (χ1v) is 9.96. The number of carbonyl (C=O) groups is 1. The van der Waals surface area contributed by atoms with Gasteiger partial charge in [0.25, 0.3) is 0 Å². The molecule has 4 nitrogen and oxygen atoms in total. The third-order valence-electron chi connectivity index (χ3n) is 4.57. The van der Waals surface area contributed by atoms with E-state index in [1.54, 1.807) is 4.90 Å². The van der Waals surface area contributed by atoms with E-state index >= 15 is 0 Å². The van der Waals surface area contributed by atoms with Crippen LogP contribution in [-0.4, -0.2) is 33.2 Å². The fourth-order valence-electron chi connectivity index (χ4n) is 2.90. The van der Waals surface area contributed by atoms with E-state index in [2.05, 4.69) is 22.5 Å². The topological polar surface area (TPSA) is 38.1 Å². The molecule has 0 bridgehead atoms. The van der Waals surface area contributed by atoms with Gasteiger partial charge in [-0.15, -0.1) is 0 Å². The largest absolute Gasteiger partial charge is 0.338 e. The van der Waals surface area contributed by atoms with Gasteiger partial charge < -0.3 is 9.47 Å². The van der Waals surface area contributed by atoms with Gasteiger partial charge in [-0.2, -0.15) is 0 Å². The highest BCUT2D eigenvalue weighted by Gasteiger charge is 2.19. The number of hydrogen-bond acceptors (Lipinski definition) is 3. The van der Waals surface area contributed by atoms with Crippen molar-refractivity contribution in [3.05, 3.63) is 59.1 Å². The molecule has 0 aliphatic rings. The van der Waals surface area contributed by atoms with E-state index in [9.17, 15) is 4.79 Å². The van der Waals surface area contributed by atoms with Gasteiger partial charge in [-0.05, 0) is 43.7 Å². The Labute approximate surface area is 163 Å². The minimum Gasteiger partial charge on any atom is -0.338 e. The van der Waals surface area contributed by atoms with E-state index in [1.807, 2.05) is 56.4 Å². The number of halogens is 1. The van der Waals surface area contributed by atoms with Gasteiger partial charge in [-0.25, -0.2) is 4.98 Å². The van der Waals surface area contributed by atoms with Gasteiger partial charge in [0, 0.05) is 18.6 Å². The molecule has 3 rings (SSSR count). The number of rotatable bonds is 6. The van der Waals surface area contributed by atoms with Crippen LogP contribution in [0.25, 0.3) is 11.0 Å². The number of hydrogen-bond donors (Lipinski definition) is 0. The Hall–Kier alpha value is -1.98. The van der Waals surface area contributed by atoms with Crippen LogP contribution in [0.5, 0.6) is 0 Å². The Kier molecular flexibility index (Phi) is 5.89. The monoisotopic (exact) mass is 387 g/mol. The maximum atomic E-state index is 12.7. The molecule has 0 radical (unpaired) electrons. The molecule has 0 aliphatic heterocycles. The Bertz CT molecular complexity index is 924. The maximum absolute atomic E-state index is 12.7. The number of amides is 1.